The molecule has 1 N–H and O–H groups in total. The Morgan fingerprint density at radius 1 is 1.22 bits per heavy atom. The van der Waals surface area contributed by atoms with Gasteiger partial charge in [-0.3, -0.25) is 0 Å². The highest BCUT2D eigenvalue weighted by Gasteiger charge is 2.30. The van der Waals surface area contributed by atoms with Crippen molar-refractivity contribution in [3.8, 4) is 11.5 Å². The molecule has 2 heterocycles. The molecule has 1 fully saturated rings. The summed E-state index contributed by atoms with van der Waals surface area (Å²) >= 11 is 0. The third-order valence-electron chi connectivity index (χ3n) is 3.21. The van der Waals surface area contributed by atoms with Crippen LogP contribution in [0.5, 0.6) is 11.5 Å². The number of hydrogen-bond acceptors (Lipinski definition) is 5. The number of fused-ring (bicyclic) bond motifs is 1. The second-order valence-corrected chi connectivity index (χ2v) is 6.96. The molecule has 5 nitrogen and oxygen atoms in total. The molecule has 3 rings (SSSR count). The molecule has 2 unspecified atom stereocenters. The van der Waals surface area contributed by atoms with Crippen LogP contribution in [0.15, 0.2) is 18.2 Å². The van der Waals surface area contributed by atoms with E-state index in [1.165, 1.54) is 0 Å². The maximum absolute atomic E-state index is 11.8. The molecule has 0 saturated carbocycles. The summed E-state index contributed by atoms with van der Waals surface area (Å²) < 4.78 is 34.1. The summed E-state index contributed by atoms with van der Waals surface area (Å²) in [5, 5.41) is 3.30. The van der Waals surface area contributed by atoms with Gasteiger partial charge in [-0.15, -0.1) is 0 Å². The van der Waals surface area contributed by atoms with Crippen LogP contribution < -0.4 is 14.8 Å². The zero-order chi connectivity index (χ0) is 12.8. The average molecular weight is 269 g/mol. The Hall–Kier alpha value is -1.27. The minimum atomic E-state index is -2.98. The van der Waals surface area contributed by atoms with Crippen LogP contribution in [0, 0.1) is 0 Å². The van der Waals surface area contributed by atoms with E-state index in [-0.39, 0.29) is 30.4 Å². The second kappa shape index (κ2) is 4.13. The van der Waals surface area contributed by atoms with Gasteiger partial charge in [-0.05, 0) is 24.6 Å². The van der Waals surface area contributed by atoms with Crippen molar-refractivity contribution in [2.75, 3.05) is 18.3 Å². The molecule has 2 aliphatic rings. The molecule has 0 spiro atoms. The molecule has 98 valence electrons. The normalized spacial score (nSPS) is 29.2. The van der Waals surface area contributed by atoms with Crippen LogP contribution in [0.3, 0.4) is 0 Å². The summed E-state index contributed by atoms with van der Waals surface area (Å²) in [5.74, 6) is 1.74. The van der Waals surface area contributed by atoms with Crippen LogP contribution in [-0.4, -0.2) is 32.8 Å². The predicted octanol–water partition coefficient (Wildman–Crippen LogP) is 0.863. The molecule has 0 aromatic heterocycles. The molecule has 1 aromatic carbocycles. The van der Waals surface area contributed by atoms with Crippen LogP contribution in [0.2, 0.25) is 0 Å². The quantitative estimate of drug-likeness (QED) is 0.819. The number of nitrogens with one attached hydrogen (secondary N) is 1. The van der Waals surface area contributed by atoms with E-state index < -0.39 is 9.84 Å². The molecule has 0 bridgehead atoms. The Kier molecular flexibility index (Phi) is 2.71. The second-order valence-electron chi connectivity index (χ2n) is 4.81. The van der Waals surface area contributed by atoms with Crippen molar-refractivity contribution >= 4 is 9.84 Å². The first-order valence-corrected chi connectivity index (χ1v) is 7.72. The van der Waals surface area contributed by atoms with Crippen molar-refractivity contribution in [1.82, 2.24) is 5.32 Å². The van der Waals surface area contributed by atoms with E-state index in [0.717, 1.165) is 5.56 Å². The van der Waals surface area contributed by atoms with Gasteiger partial charge in [-0.25, -0.2) is 8.42 Å². The van der Waals surface area contributed by atoms with Crippen LogP contribution in [-0.2, 0) is 9.84 Å². The fourth-order valence-electron chi connectivity index (χ4n) is 2.46. The largest absolute Gasteiger partial charge is 0.454 e. The van der Waals surface area contributed by atoms with Gasteiger partial charge < -0.3 is 14.8 Å². The van der Waals surface area contributed by atoms with E-state index in [0.29, 0.717) is 11.5 Å². The molecule has 2 aliphatic heterocycles. The summed E-state index contributed by atoms with van der Waals surface area (Å²) in [7, 11) is -2.98. The maximum atomic E-state index is 11.8. The topological polar surface area (TPSA) is 64.6 Å². The molecule has 0 aliphatic carbocycles. The third kappa shape index (κ3) is 2.18. The summed E-state index contributed by atoms with van der Waals surface area (Å²) in [6, 6.07) is 5.37. The van der Waals surface area contributed by atoms with E-state index in [4.69, 9.17) is 9.47 Å². The van der Waals surface area contributed by atoms with Crippen LogP contribution in [0.4, 0.5) is 0 Å². The van der Waals surface area contributed by atoms with Gasteiger partial charge in [0.2, 0.25) is 6.79 Å². The van der Waals surface area contributed by atoms with Gasteiger partial charge in [0.15, 0.2) is 21.3 Å². The number of rotatable bonds is 1. The number of ether oxygens (including phenoxy) is 2. The number of benzene rings is 1. The van der Waals surface area contributed by atoms with Gasteiger partial charge in [-0.1, -0.05) is 6.07 Å². The lowest BCUT2D eigenvalue weighted by Crippen LogP contribution is -2.45. The summed E-state index contributed by atoms with van der Waals surface area (Å²) in [4.78, 5) is 0. The van der Waals surface area contributed by atoms with Gasteiger partial charge in [0, 0.05) is 12.1 Å². The van der Waals surface area contributed by atoms with Crippen molar-refractivity contribution in [2.24, 2.45) is 0 Å². The Labute approximate surface area is 106 Å². The molecule has 0 amide bonds. The van der Waals surface area contributed by atoms with Crippen molar-refractivity contribution in [3.05, 3.63) is 23.8 Å². The molecule has 1 saturated heterocycles. The van der Waals surface area contributed by atoms with Gasteiger partial charge in [-0.2, -0.15) is 0 Å². The Balaban J connectivity index is 1.90. The molecule has 6 heteroatoms. The molecular formula is C12H15NO4S. The summed E-state index contributed by atoms with van der Waals surface area (Å²) in [6.07, 6.45) is 0. The molecule has 18 heavy (non-hydrogen) atoms. The van der Waals surface area contributed by atoms with Crippen LogP contribution in [0.25, 0.3) is 0 Å². The molecule has 2 atom stereocenters. The lowest BCUT2D eigenvalue weighted by molar-refractivity contribution is 0.174. The first-order valence-electron chi connectivity index (χ1n) is 5.89. The highest BCUT2D eigenvalue weighted by Crippen LogP contribution is 2.35. The maximum Gasteiger partial charge on any atom is 0.231 e. The van der Waals surface area contributed by atoms with Gasteiger partial charge >= 0.3 is 0 Å². The van der Waals surface area contributed by atoms with Crippen molar-refractivity contribution < 1.29 is 17.9 Å². The van der Waals surface area contributed by atoms with Crippen molar-refractivity contribution in [1.29, 1.82) is 0 Å². The monoisotopic (exact) mass is 269 g/mol. The summed E-state index contributed by atoms with van der Waals surface area (Å²) in [6.45, 7) is 2.11. The first-order chi connectivity index (χ1) is 8.53. The van der Waals surface area contributed by atoms with Crippen LogP contribution in [0.1, 0.15) is 18.5 Å². The van der Waals surface area contributed by atoms with Gasteiger partial charge in [0.1, 0.15) is 0 Å². The number of sulfone groups is 1. The predicted molar refractivity (Wildman–Crippen MR) is 66.6 cm³/mol. The van der Waals surface area contributed by atoms with Gasteiger partial charge in [0.05, 0.1) is 11.5 Å². The van der Waals surface area contributed by atoms with Gasteiger partial charge in [0.25, 0.3) is 0 Å². The lowest BCUT2D eigenvalue weighted by atomic mass is 10.1. The molecule has 0 radical (unpaired) electrons. The molecule has 1 aromatic rings. The highest BCUT2D eigenvalue weighted by molar-refractivity contribution is 7.91. The van der Waals surface area contributed by atoms with E-state index in [2.05, 4.69) is 5.32 Å². The fraction of sp³-hybridized carbons (Fsp3) is 0.500. The third-order valence-corrected chi connectivity index (χ3v) is 5.06. The van der Waals surface area contributed by atoms with Crippen LogP contribution >= 0.6 is 0 Å². The zero-order valence-electron chi connectivity index (χ0n) is 10.0. The van der Waals surface area contributed by atoms with E-state index in [1.54, 1.807) is 0 Å². The summed E-state index contributed by atoms with van der Waals surface area (Å²) in [5.41, 5.74) is 0.925. The Morgan fingerprint density at radius 2 is 2.00 bits per heavy atom. The smallest absolute Gasteiger partial charge is 0.231 e. The van der Waals surface area contributed by atoms with E-state index in [9.17, 15) is 8.42 Å². The Morgan fingerprint density at radius 3 is 2.78 bits per heavy atom. The van der Waals surface area contributed by atoms with Crippen molar-refractivity contribution in [3.63, 3.8) is 0 Å². The van der Waals surface area contributed by atoms with Crippen molar-refractivity contribution in [2.45, 2.75) is 19.0 Å². The van der Waals surface area contributed by atoms with E-state index >= 15 is 0 Å². The SMILES string of the molecule is CC1CS(=O)(=O)CC(c2ccc3c(c2)OCO3)N1. The first kappa shape index (κ1) is 11.8. The lowest BCUT2D eigenvalue weighted by Gasteiger charge is -2.29. The standard InChI is InChI=1S/C12H15NO4S/c1-8-5-18(14,15)6-10(13-8)9-2-3-11-12(4-9)17-7-16-11/h2-4,8,10,13H,5-7H2,1H3. The number of hydrogen-bond donors (Lipinski definition) is 1. The average Bonchev–Trinajstić information content (AvgIpc) is 2.72. The highest BCUT2D eigenvalue weighted by atomic mass is 32.2. The fourth-order valence-corrected chi connectivity index (χ4v) is 4.26. The zero-order valence-corrected chi connectivity index (χ0v) is 10.9. The Bertz CT molecular complexity index is 569. The minimum Gasteiger partial charge on any atom is -0.454 e. The van der Waals surface area contributed by atoms with E-state index in [1.807, 2.05) is 25.1 Å². The minimum absolute atomic E-state index is 0.0285. The molecular weight excluding hydrogens is 254 g/mol.